The van der Waals surface area contributed by atoms with Gasteiger partial charge in [-0.2, -0.15) is 0 Å². The third-order valence-electron chi connectivity index (χ3n) is 5.31. The van der Waals surface area contributed by atoms with Crippen molar-refractivity contribution in [3.8, 4) is 17.2 Å². The molecule has 1 heterocycles. The van der Waals surface area contributed by atoms with Crippen molar-refractivity contribution in [2.45, 2.75) is 39.7 Å². The minimum atomic E-state index is 0. The number of guanidine groups is 1. The van der Waals surface area contributed by atoms with Crippen molar-refractivity contribution in [2.24, 2.45) is 10.9 Å². The Morgan fingerprint density at radius 3 is 2.23 bits per heavy atom. The zero-order valence-electron chi connectivity index (χ0n) is 19.1. The fourth-order valence-electron chi connectivity index (χ4n) is 3.53. The highest BCUT2D eigenvalue weighted by Crippen LogP contribution is 2.38. The molecule has 0 aromatic heterocycles. The van der Waals surface area contributed by atoms with Crippen molar-refractivity contribution in [3.05, 3.63) is 17.7 Å². The van der Waals surface area contributed by atoms with Gasteiger partial charge >= 0.3 is 0 Å². The molecule has 0 radical (unpaired) electrons. The number of likely N-dealkylation sites (tertiary alicyclic amines) is 1. The topological polar surface area (TPSA) is 67.4 Å². The molecule has 0 amide bonds. The molecule has 0 unspecified atom stereocenters. The van der Waals surface area contributed by atoms with Gasteiger partial charge in [0, 0.05) is 13.1 Å². The number of hydrogen-bond donors (Lipinski definition) is 2. The number of halogens is 1. The van der Waals surface area contributed by atoms with Gasteiger partial charge in [0.15, 0.2) is 17.5 Å². The second kappa shape index (κ2) is 14.6. The van der Waals surface area contributed by atoms with Crippen molar-refractivity contribution in [1.29, 1.82) is 0 Å². The van der Waals surface area contributed by atoms with E-state index in [0.717, 1.165) is 43.5 Å². The Morgan fingerprint density at radius 1 is 1.07 bits per heavy atom. The number of methoxy groups -OCH3 is 3. The van der Waals surface area contributed by atoms with Gasteiger partial charge in [-0.3, -0.25) is 0 Å². The molecule has 1 aliphatic rings. The summed E-state index contributed by atoms with van der Waals surface area (Å²) in [6.45, 7) is 10.3. The number of aliphatic imine (C=N–C) groups is 1. The van der Waals surface area contributed by atoms with Crippen LogP contribution in [-0.4, -0.2) is 64.9 Å². The van der Waals surface area contributed by atoms with Crippen LogP contribution in [0.2, 0.25) is 0 Å². The maximum Gasteiger partial charge on any atom is 0.203 e. The Balaban J connectivity index is 0.00000450. The molecule has 172 valence electrons. The summed E-state index contributed by atoms with van der Waals surface area (Å²) in [4.78, 5) is 7.28. The number of nitrogens with zero attached hydrogens (tertiary/aromatic N) is 2. The number of nitrogens with one attached hydrogen (secondary N) is 2. The molecule has 8 heteroatoms. The van der Waals surface area contributed by atoms with Gasteiger partial charge in [-0.15, -0.1) is 24.0 Å². The van der Waals surface area contributed by atoms with Crippen molar-refractivity contribution in [2.75, 3.05) is 54.1 Å². The lowest BCUT2D eigenvalue weighted by Crippen LogP contribution is -2.39. The number of hydrogen-bond acceptors (Lipinski definition) is 5. The lowest BCUT2D eigenvalue weighted by Gasteiger charge is -2.30. The van der Waals surface area contributed by atoms with E-state index in [9.17, 15) is 0 Å². The summed E-state index contributed by atoms with van der Waals surface area (Å²) < 4.78 is 16.2. The minimum Gasteiger partial charge on any atom is -0.493 e. The predicted molar refractivity (Wildman–Crippen MR) is 134 cm³/mol. The van der Waals surface area contributed by atoms with Gasteiger partial charge in [0.2, 0.25) is 5.75 Å². The molecular weight excluding hydrogens is 495 g/mol. The van der Waals surface area contributed by atoms with Gasteiger partial charge in [-0.1, -0.05) is 6.92 Å². The second-order valence-electron chi connectivity index (χ2n) is 7.53. The number of rotatable bonds is 10. The van der Waals surface area contributed by atoms with Crippen LogP contribution in [0.1, 0.15) is 38.7 Å². The maximum atomic E-state index is 5.43. The van der Waals surface area contributed by atoms with Crippen LogP contribution in [0.3, 0.4) is 0 Å². The average molecular weight is 534 g/mol. The molecule has 0 aliphatic carbocycles. The van der Waals surface area contributed by atoms with E-state index in [1.54, 1.807) is 21.3 Å². The van der Waals surface area contributed by atoms with E-state index in [0.29, 0.717) is 23.8 Å². The average Bonchev–Trinajstić information content (AvgIpc) is 2.75. The fourth-order valence-corrected chi connectivity index (χ4v) is 3.53. The number of ether oxygens (including phenoxy) is 3. The van der Waals surface area contributed by atoms with Crippen LogP contribution in [0, 0.1) is 5.92 Å². The van der Waals surface area contributed by atoms with Crippen molar-refractivity contribution in [3.63, 3.8) is 0 Å². The number of benzene rings is 1. The van der Waals surface area contributed by atoms with Gasteiger partial charge in [-0.25, -0.2) is 4.99 Å². The molecule has 1 aromatic carbocycles. The van der Waals surface area contributed by atoms with E-state index < -0.39 is 0 Å². The smallest absolute Gasteiger partial charge is 0.203 e. The fraction of sp³-hybridized carbons (Fsp3) is 0.682. The molecule has 0 atom stereocenters. The van der Waals surface area contributed by atoms with Crippen LogP contribution in [0.5, 0.6) is 17.2 Å². The second-order valence-corrected chi connectivity index (χ2v) is 7.53. The van der Waals surface area contributed by atoms with Gasteiger partial charge < -0.3 is 29.7 Å². The molecule has 30 heavy (non-hydrogen) atoms. The first kappa shape index (κ1) is 26.6. The number of piperidine rings is 1. The van der Waals surface area contributed by atoms with Crippen LogP contribution in [0.4, 0.5) is 0 Å². The molecule has 7 nitrogen and oxygen atoms in total. The summed E-state index contributed by atoms with van der Waals surface area (Å²) in [7, 11) is 4.85. The highest BCUT2D eigenvalue weighted by atomic mass is 127. The third kappa shape index (κ3) is 8.37. The first-order chi connectivity index (χ1) is 14.1. The van der Waals surface area contributed by atoms with Gasteiger partial charge in [0.05, 0.1) is 27.9 Å². The Kier molecular flexibility index (Phi) is 12.9. The molecule has 1 saturated heterocycles. The zero-order chi connectivity index (χ0) is 21.1. The van der Waals surface area contributed by atoms with Crippen LogP contribution in [-0.2, 0) is 6.54 Å². The largest absolute Gasteiger partial charge is 0.493 e. The van der Waals surface area contributed by atoms with E-state index in [-0.39, 0.29) is 24.0 Å². The molecule has 0 spiro atoms. The van der Waals surface area contributed by atoms with Crippen molar-refractivity contribution < 1.29 is 14.2 Å². The standard InChI is InChI=1S/C22H38N4O3.HI/c1-6-23-22(24-10-7-11-26-12-8-17(2)9-13-26)25-16-18-14-19(27-3)21(29-5)20(15-18)28-4;/h14-15,17H,6-13,16H2,1-5H3,(H2,23,24,25);1H. The van der Waals surface area contributed by atoms with E-state index in [2.05, 4.69) is 29.4 Å². The minimum absolute atomic E-state index is 0. The highest BCUT2D eigenvalue weighted by molar-refractivity contribution is 14.0. The van der Waals surface area contributed by atoms with Crippen molar-refractivity contribution in [1.82, 2.24) is 15.5 Å². The lowest BCUT2D eigenvalue weighted by molar-refractivity contribution is 0.191. The predicted octanol–water partition coefficient (Wildman–Crippen LogP) is 3.51. The molecule has 1 aromatic rings. The van der Waals surface area contributed by atoms with Crippen LogP contribution in [0.25, 0.3) is 0 Å². The molecule has 2 N–H and O–H groups in total. The quantitative estimate of drug-likeness (QED) is 0.207. The Morgan fingerprint density at radius 2 is 1.70 bits per heavy atom. The zero-order valence-corrected chi connectivity index (χ0v) is 21.5. The molecule has 0 saturated carbocycles. The summed E-state index contributed by atoms with van der Waals surface area (Å²) in [6, 6.07) is 3.87. The molecule has 0 bridgehead atoms. The van der Waals surface area contributed by atoms with Gasteiger partial charge in [0.25, 0.3) is 0 Å². The first-order valence-electron chi connectivity index (χ1n) is 10.6. The Labute approximate surface area is 199 Å². The van der Waals surface area contributed by atoms with Crippen LogP contribution >= 0.6 is 24.0 Å². The van der Waals surface area contributed by atoms with E-state index in [1.165, 1.54) is 25.9 Å². The third-order valence-corrected chi connectivity index (χ3v) is 5.31. The summed E-state index contributed by atoms with van der Waals surface area (Å²) in [5.74, 6) is 3.59. The summed E-state index contributed by atoms with van der Waals surface area (Å²) in [5, 5.41) is 6.76. The van der Waals surface area contributed by atoms with Gasteiger partial charge in [-0.05, 0) is 69.4 Å². The lowest BCUT2D eigenvalue weighted by atomic mass is 9.99. The monoisotopic (exact) mass is 534 g/mol. The molecule has 2 rings (SSSR count). The molecular formula is C22H39IN4O3. The van der Waals surface area contributed by atoms with E-state index in [4.69, 9.17) is 19.2 Å². The Bertz CT molecular complexity index is 624. The van der Waals surface area contributed by atoms with E-state index >= 15 is 0 Å². The summed E-state index contributed by atoms with van der Waals surface area (Å²) in [5.41, 5.74) is 0.999. The van der Waals surface area contributed by atoms with Gasteiger partial charge in [0.1, 0.15) is 0 Å². The SMILES string of the molecule is CCNC(=NCc1cc(OC)c(OC)c(OC)c1)NCCCN1CCC(C)CC1.I. The van der Waals surface area contributed by atoms with Crippen molar-refractivity contribution >= 4 is 29.9 Å². The molecule has 1 aliphatic heterocycles. The molecule has 1 fully saturated rings. The summed E-state index contributed by atoms with van der Waals surface area (Å²) in [6.07, 6.45) is 3.77. The maximum absolute atomic E-state index is 5.43. The normalized spacial score (nSPS) is 15.3. The van der Waals surface area contributed by atoms with Crippen LogP contribution < -0.4 is 24.8 Å². The Hall–Kier alpha value is -1.42. The summed E-state index contributed by atoms with van der Waals surface area (Å²) >= 11 is 0. The van der Waals surface area contributed by atoms with E-state index in [1.807, 2.05) is 12.1 Å². The first-order valence-corrected chi connectivity index (χ1v) is 10.6. The van der Waals surface area contributed by atoms with Crippen LogP contribution in [0.15, 0.2) is 17.1 Å². The highest BCUT2D eigenvalue weighted by Gasteiger charge is 2.15.